The molecule has 0 saturated heterocycles. The summed E-state index contributed by atoms with van der Waals surface area (Å²) < 4.78 is 22.4. The Labute approximate surface area is 114 Å². The number of hydrogen-bond donors (Lipinski definition) is 0. The lowest BCUT2D eigenvalue weighted by Crippen LogP contribution is -2.22. The van der Waals surface area contributed by atoms with Crippen LogP contribution >= 0.6 is 7.37 Å². The van der Waals surface area contributed by atoms with Gasteiger partial charge in [-0.15, -0.1) is 0 Å². The third kappa shape index (κ3) is 5.48. The van der Waals surface area contributed by atoms with Crippen LogP contribution in [0.3, 0.4) is 0 Å². The Hall–Kier alpha value is -1.28. The quantitative estimate of drug-likeness (QED) is 0.625. The summed E-state index contributed by atoms with van der Waals surface area (Å²) in [6, 6.07) is 7.13. The molecular weight excluding hydrogens is 263 g/mol. The summed E-state index contributed by atoms with van der Waals surface area (Å²) in [6.45, 7) is 8.60. The summed E-state index contributed by atoms with van der Waals surface area (Å²) in [4.78, 5) is 11.7. The normalized spacial score (nSPS) is 12.1. The number of carbonyl (C=O) groups excluding carboxylic acids is 1. The maximum Gasteiger partial charge on any atom is 0.311 e. The topological polar surface area (TPSA) is 52.6 Å². The van der Waals surface area contributed by atoms with Gasteiger partial charge in [0.15, 0.2) is 0 Å². The van der Waals surface area contributed by atoms with E-state index in [0.29, 0.717) is 11.3 Å². The van der Waals surface area contributed by atoms with Crippen molar-refractivity contribution in [3.8, 4) is 5.75 Å². The van der Waals surface area contributed by atoms with Crippen molar-refractivity contribution in [1.82, 2.24) is 0 Å². The van der Waals surface area contributed by atoms with Crippen molar-refractivity contribution in [2.45, 2.75) is 27.4 Å². The summed E-state index contributed by atoms with van der Waals surface area (Å²) in [5.74, 6) is 0.219. The molecule has 0 heterocycles. The minimum Gasteiger partial charge on any atom is -0.460 e. The number of benzene rings is 1. The van der Waals surface area contributed by atoms with Crippen molar-refractivity contribution in [2.24, 2.45) is 5.41 Å². The van der Waals surface area contributed by atoms with E-state index in [2.05, 4.69) is 0 Å². The summed E-state index contributed by atoms with van der Waals surface area (Å²) in [5.41, 5.74) is 0.171. The van der Waals surface area contributed by atoms with Gasteiger partial charge in [-0.2, -0.15) is 0 Å². The first-order valence-corrected chi connectivity index (χ1v) is 8.61. The fourth-order valence-electron chi connectivity index (χ4n) is 1.31. The molecule has 0 bridgehead atoms. The second-order valence-corrected chi connectivity index (χ2v) is 8.46. The van der Waals surface area contributed by atoms with Crippen LogP contribution in [-0.2, 0) is 20.7 Å². The Morgan fingerprint density at radius 3 is 2.32 bits per heavy atom. The highest BCUT2D eigenvalue weighted by Gasteiger charge is 2.23. The standard InChI is InChI=1S/C14H21O4P/c1-14(2,3)13(15)17-10-11-8-6-7-9-12(11)18-19(4,5)16/h6-9H,10H2,1-5H3. The Morgan fingerprint density at radius 2 is 1.79 bits per heavy atom. The van der Waals surface area contributed by atoms with E-state index in [1.807, 2.05) is 6.07 Å². The second kappa shape index (κ2) is 5.79. The van der Waals surface area contributed by atoms with Gasteiger partial charge in [0.2, 0.25) is 7.37 Å². The summed E-state index contributed by atoms with van der Waals surface area (Å²) in [5, 5.41) is 0. The van der Waals surface area contributed by atoms with E-state index >= 15 is 0 Å². The molecule has 106 valence electrons. The Morgan fingerprint density at radius 1 is 1.21 bits per heavy atom. The van der Waals surface area contributed by atoms with E-state index in [1.165, 1.54) is 0 Å². The van der Waals surface area contributed by atoms with Gasteiger partial charge in [-0.3, -0.25) is 9.36 Å². The molecular formula is C14H21O4P. The first-order chi connectivity index (χ1) is 8.59. The first-order valence-electron chi connectivity index (χ1n) is 6.09. The third-order valence-corrected chi connectivity index (χ3v) is 2.90. The lowest BCUT2D eigenvalue weighted by molar-refractivity contribution is -0.154. The highest BCUT2D eigenvalue weighted by molar-refractivity contribution is 7.57. The summed E-state index contributed by atoms with van der Waals surface area (Å²) >= 11 is 0. The molecule has 0 aliphatic carbocycles. The Balaban J connectivity index is 2.79. The SMILES string of the molecule is CC(C)(C)C(=O)OCc1ccccc1OP(C)(C)=O. The van der Waals surface area contributed by atoms with Gasteiger partial charge in [0.25, 0.3) is 0 Å². The maximum atomic E-state index is 11.7. The molecule has 0 N–H and O–H groups in total. The van der Waals surface area contributed by atoms with Gasteiger partial charge in [0, 0.05) is 18.9 Å². The first kappa shape index (κ1) is 15.8. The molecule has 0 aromatic heterocycles. The van der Waals surface area contributed by atoms with E-state index < -0.39 is 12.8 Å². The average Bonchev–Trinajstić information content (AvgIpc) is 2.24. The number of hydrogen-bond acceptors (Lipinski definition) is 4. The number of para-hydroxylation sites is 1. The minimum atomic E-state index is -2.63. The lowest BCUT2D eigenvalue weighted by atomic mass is 9.97. The molecule has 0 atom stereocenters. The van der Waals surface area contributed by atoms with E-state index in [4.69, 9.17) is 9.26 Å². The van der Waals surface area contributed by atoms with Crippen LogP contribution in [0.2, 0.25) is 0 Å². The second-order valence-electron chi connectivity index (χ2n) is 5.78. The van der Waals surface area contributed by atoms with Crippen molar-refractivity contribution in [2.75, 3.05) is 13.3 Å². The molecule has 1 aromatic carbocycles. The van der Waals surface area contributed by atoms with Crippen LogP contribution in [0, 0.1) is 5.41 Å². The lowest BCUT2D eigenvalue weighted by Gasteiger charge is -2.18. The summed E-state index contributed by atoms with van der Waals surface area (Å²) in [7, 11) is -2.63. The molecule has 0 aliphatic rings. The predicted molar refractivity (Wildman–Crippen MR) is 75.8 cm³/mol. The molecule has 19 heavy (non-hydrogen) atoms. The molecule has 0 fully saturated rings. The maximum absolute atomic E-state index is 11.7. The monoisotopic (exact) mass is 284 g/mol. The van der Waals surface area contributed by atoms with E-state index in [9.17, 15) is 9.36 Å². The number of ether oxygens (including phenoxy) is 1. The molecule has 4 nitrogen and oxygen atoms in total. The molecule has 0 amide bonds. The minimum absolute atomic E-state index is 0.117. The van der Waals surface area contributed by atoms with Crippen molar-refractivity contribution < 1.29 is 18.6 Å². The van der Waals surface area contributed by atoms with Crippen LogP contribution in [0.15, 0.2) is 24.3 Å². The highest BCUT2D eigenvalue weighted by Crippen LogP contribution is 2.40. The van der Waals surface area contributed by atoms with Crippen molar-refractivity contribution >= 4 is 13.3 Å². The van der Waals surface area contributed by atoms with Crippen LogP contribution < -0.4 is 4.52 Å². The van der Waals surface area contributed by atoms with E-state index in [-0.39, 0.29) is 12.6 Å². The fraction of sp³-hybridized carbons (Fsp3) is 0.500. The zero-order valence-corrected chi connectivity index (χ0v) is 13.0. The highest BCUT2D eigenvalue weighted by atomic mass is 31.2. The van der Waals surface area contributed by atoms with Gasteiger partial charge in [0.1, 0.15) is 12.4 Å². The molecule has 0 unspecified atom stereocenters. The zero-order chi connectivity index (χ0) is 14.7. The van der Waals surface area contributed by atoms with Crippen LogP contribution in [0.5, 0.6) is 5.75 Å². The zero-order valence-electron chi connectivity index (χ0n) is 12.1. The van der Waals surface area contributed by atoms with Gasteiger partial charge in [-0.25, -0.2) is 0 Å². The molecule has 0 spiro atoms. The molecule has 1 rings (SSSR count). The molecule has 1 aromatic rings. The summed E-state index contributed by atoms with van der Waals surface area (Å²) in [6.07, 6.45) is 0. The van der Waals surface area contributed by atoms with Crippen LogP contribution in [0.25, 0.3) is 0 Å². The largest absolute Gasteiger partial charge is 0.460 e. The fourth-order valence-corrected chi connectivity index (χ4v) is 1.96. The van der Waals surface area contributed by atoms with Crippen molar-refractivity contribution in [1.29, 1.82) is 0 Å². The Kier molecular flexibility index (Phi) is 4.81. The van der Waals surface area contributed by atoms with Crippen LogP contribution in [0.4, 0.5) is 0 Å². The van der Waals surface area contributed by atoms with Crippen molar-refractivity contribution in [3.05, 3.63) is 29.8 Å². The van der Waals surface area contributed by atoms with Gasteiger partial charge >= 0.3 is 5.97 Å². The molecule has 0 saturated carbocycles. The van der Waals surface area contributed by atoms with Gasteiger partial charge in [-0.1, -0.05) is 18.2 Å². The molecule has 0 radical (unpaired) electrons. The van der Waals surface area contributed by atoms with Crippen LogP contribution in [0.1, 0.15) is 26.3 Å². The number of esters is 1. The van der Waals surface area contributed by atoms with E-state index in [1.54, 1.807) is 52.3 Å². The smallest absolute Gasteiger partial charge is 0.311 e. The van der Waals surface area contributed by atoms with Crippen molar-refractivity contribution in [3.63, 3.8) is 0 Å². The van der Waals surface area contributed by atoms with Gasteiger partial charge in [-0.05, 0) is 26.8 Å². The van der Waals surface area contributed by atoms with E-state index in [0.717, 1.165) is 0 Å². The van der Waals surface area contributed by atoms with Crippen LogP contribution in [-0.4, -0.2) is 19.3 Å². The number of rotatable bonds is 4. The van der Waals surface area contributed by atoms with Gasteiger partial charge < -0.3 is 9.26 Å². The number of carbonyl (C=O) groups is 1. The Bertz CT molecular complexity index is 496. The third-order valence-electron chi connectivity index (χ3n) is 2.26. The average molecular weight is 284 g/mol. The van der Waals surface area contributed by atoms with Gasteiger partial charge in [0.05, 0.1) is 5.41 Å². The molecule has 5 heteroatoms. The molecule has 0 aliphatic heterocycles. The predicted octanol–water partition coefficient (Wildman–Crippen LogP) is 3.69.